The molecule has 0 spiro atoms. The van der Waals surface area contributed by atoms with E-state index in [9.17, 15) is 5.11 Å². The zero-order valence-corrected chi connectivity index (χ0v) is 5.72. The largest absolute Gasteiger partial charge is 0.390 e. The Kier molecular flexibility index (Phi) is 0.945. The van der Waals surface area contributed by atoms with Crippen LogP contribution in [0.25, 0.3) is 0 Å². The van der Waals surface area contributed by atoms with E-state index in [1.54, 1.807) is 0 Å². The number of fused-ring (bicyclic) bond motifs is 2. The predicted octanol–water partition coefficient (Wildman–Crippen LogP) is 0.119. The molecular weight excluding hydrogens is 114 g/mol. The molecule has 2 fully saturated rings. The van der Waals surface area contributed by atoms with Crippen LogP contribution in [0.4, 0.5) is 0 Å². The Balaban J connectivity index is 2.18. The van der Waals surface area contributed by atoms with Gasteiger partial charge < -0.3 is 10.4 Å². The van der Waals surface area contributed by atoms with Crippen LogP contribution in [-0.4, -0.2) is 23.3 Å². The van der Waals surface area contributed by atoms with Gasteiger partial charge in [0.1, 0.15) is 0 Å². The Morgan fingerprint density at radius 3 is 2.67 bits per heavy atom. The summed E-state index contributed by atoms with van der Waals surface area (Å²) in [4.78, 5) is 0. The minimum Gasteiger partial charge on any atom is -0.390 e. The van der Waals surface area contributed by atoms with E-state index in [1.165, 1.54) is 6.42 Å². The molecule has 0 radical (unpaired) electrons. The SMILES string of the molecule is C[C@@]1(O)C[C@H]2C[C@@H]1CN2. The van der Waals surface area contributed by atoms with Gasteiger partial charge in [-0.15, -0.1) is 0 Å². The van der Waals surface area contributed by atoms with Crippen molar-refractivity contribution < 1.29 is 5.11 Å². The van der Waals surface area contributed by atoms with Crippen molar-refractivity contribution in [2.24, 2.45) is 5.92 Å². The maximum atomic E-state index is 9.64. The molecule has 2 N–H and O–H groups in total. The van der Waals surface area contributed by atoms with E-state index in [0.717, 1.165) is 13.0 Å². The average Bonchev–Trinajstić information content (AvgIpc) is 2.19. The van der Waals surface area contributed by atoms with Gasteiger partial charge in [-0.05, 0) is 19.8 Å². The molecule has 9 heavy (non-hydrogen) atoms. The molecule has 0 aromatic carbocycles. The van der Waals surface area contributed by atoms with Gasteiger partial charge in [-0.2, -0.15) is 0 Å². The third kappa shape index (κ3) is 0.700. The molecule has 0 aromatic heterocycles. The lowest BCUT2D eigenvalue weighted by atomic mass is 9.92. The Morgan fingerprint density at radius 1 is 1.67 bits per heavy atom. The van der Waals surface area contributed by atoms with E-state index in [0.29, 0.717) is 12.0 Å². The zero-order valence-electron chi connectivity index (χ0n) is 5.72. The number of hydrogen-bond acceptors (Lipinski definition) is 2. The summed E-state index contributed by atoms with van der Waals surface area (Å²) in [5.74, 6) is 0.530. The molecular formula is C7H13NO. The summed E-state index contributed by atoms with van der Waals surface area (Å²) < 4.78 is 0. The Labute approximate surface area is 55.3 Å². The Bertz CT molecular complexity index is 133. The van der Waals surface area contributed by atoms with Crippen LogP contribution in [0.5, 0.6) is 0 Å². The number of piperidine rings is 1. The van der Waals surface area contributed by atoms with Gasteiger partial charge in [0.2, 0.25) is 0 Å². The highest BCUT2D eigenvalue weighted by Gasteiger charge is 2.46. The molecule has 1 saturated carbocycles. The van der Waals surface area contributed by atoms with E-state index in [-0.39, 0.29) is 5.60 Å². The van der Waals surface area contributed by atoms with Gasteiger partial charge in [0, 0.05) is 18.5 Å². The van der Waals surface area contributed by atoms with Crippen LogP contribution in [0.3, 0.4) is 0 Å². The Hall–Kier alpha value is -0.0800. The second-order valence-corrected chi connectivity index (χ2v) is 3.60. The van der Waals surface area contributed by atoms with Crippen molar-refractivity contribution in [3.63, 3.8) is 0 Å². The molecule has 3 atom stereocenters. The molecule has 1 aliphatic carbocycles. The number of hydrogen-bond donors (Lipinski definition) is 2. The van der Waals surface area contributed by atoms with Gasteiger partial charge in [-0.3, -0.25) is 0 Å². The molecule has 2 bridgehead atoms. The van der Waals surface area contributed by atoms with Crippen LogP contribution in [0.1, 0.15) is 19.8 Å². The molecule has 1 aliphatic heterocycles. The van der Waals surface area contributed by atoms with E-state index in [1.807, 2.05) is 6.92 Å². The summed E-state index contributed by atoms with van der Waals surface area (Å²) in [5.41, 5.74) is -0.351. The first-order valence-electron chi connectivity index (χ1n) is 3.64. The summed E-state index contributed by atoms with van der Waals surface area (Å²) in [6.07, 6.45) is 2.14. The second-order valence-electron chi connectivity index (χ2n) is 3.60. The molecule has 2 aliphatic rings. The Morgan fingerprint density at radius 2 is 2.44 bits per heavy atom. The molecule has 0 amide bonds. The van der Waals surface area contributed by atoms with Gasteiger partial charge in [0.25, 0.3) is 0 Å². The van der Waals surface area contributed by atoms with Gasteiger partial charge in [-0.25, -0.2) is 0 Å². The third-order valence-corrected chi connectivity index (χ3v) is 2.76. The van der Waals surface area contributed by atoms with Gasteiger partial charge in [-0.1, -0.05) is 0 Å². The second kappa shape index (κ2) is 1.50. The van der Waals surface area contributed by atoms with Crippen LogP contribution >= 0.6 is 0 Å². The van der Waals surface area contributed by atoms with Gasteiger partial charge >= 0.3 is 0 Å². The van der Waals surface area contributed by atoms with Crippen molar-refractivity contribution in [1.29, 1.82) is 0 Å². The van der Waals surface area contributed by atoms with E-state index >= 15 is 0 Å². The summed E-state index contributed by atoms with van der Waals surface area (Å²) in [6, 6.07) is 0.616. The van der Waals surface area contributed by atoms with Crippen LogP contribution in [0, 0.1) is 5.92 Å². The first-order chi connectivity index (χ1) is 4.18. The fourth-order valence-electron chi connectivity index (χ4n) is 2.11. The number of aliphatic hydroxyl groups is 1. The smallest absolute Gasteiger partial charge is 0.0675 e. The monoisotopic (exact) mass is 127 g/mol. The summed E-state index contributed by atoms with van der Waals surface area (Å²) in [5, 5.41) is 13.0. The summed E-state index contributed by atoms with van der Waals surface area (Å²) in [7, 11) is 0. The van der Waals surface area contributed by atoms with Crippen molar-refractivity contribution in [3.8, 4) is 0 Å². The normalized spacial score (nSPS) is 56.7. The van der Waals surface area contributed by atoms with Crippen LogP contribution in [0.2, 0.25) is 0 Å². The van der Waals surface area contributed by atoms with Gasteiger partial charge in [0.05, 0.1) is 5.60 Å². The number of rotatable bonds is 0. The van der Waals surface area contributed by atoms with E-state index < -0.39 is 0 Å². The highest BCUT2D eigenvalue weighted by atomic mass is 16.3. The quantitative estimate of drug-likeness (QED) is 0.484. The molecule has 0 aromatic rings. The van der Waals surface area contributed by atoms with Crippen LogP contribution in [-0.2, 0) is 0 Å². The van der Waals surface area contributed by atoms with E-state index in [4.69, 9.17) is 0 Å². The lowest BCUT2D eigenvalue weighted by Gasteiger charge is -2.28. The van der Waals surface area contributed by atoms with Gasteiger partial charge in [0.15, 0.2) is 0 Å². The van der Waals surface area contributed by atoms with Crippen molar-refractivity contribution in [3.05, 3.63) is 0 Å². The standard InChI is InChI=1S/C7H13NO/c1-7(9)3-6-2-5(7)4-8-6/h5-6,8-9H,2-4H2,1H3/t5-,6-,7-/m1/s1. The minimum absolute atomic E-state index is 0.351. The molecule has 1 heterocycles. The first kappa shape index (κ1) is 5.69. The lowest BCUT2D eigenvalue weighted by Crippen LogP contribution is -2.40. The maximum Gasteiger partial charge on any atom is 0.0675 e. The highest BCUT2D eigenvalue weighted by molar-refractivity contribution is 5.02. The minimum atomic E-state index is -0.351. The van der Waals surface area contributed by atoms with Crippen molar-refractivity contribution >= 4 is 0 Å². The van der Waals surface area contributed by atoms with Crippen LogP contribution < -0.4 is 5.32 Å². The highest BCUT2D eigenvalue weighted by Crippen LogP contribution is 2.39. The van der Waals surface area contributed by atoms with Crippen LogP contribution in [0.15, 0.2) is 0 Å². The third-order valence-electron chi connectivity index (χ3n) is 2.76. The first-order valence-corrected chi connectivity index (χ1v) is 3.64. The maximum absolute atomic E-state index is 9.64. The zero-order chi connectivity index (χ0) is 6.48. The summed E-state index contributed by atoms with van der Waals surface area (Å²) >= 11 is 0. The molecule has 2 rings (SSSR count). The fourth-order valence-corrected chi connectivity index (χ4v) is 2.11. The fraction of sp³-hybridized carbons (Fsp3) is 1.00. The molecule has 2 heteroatoms. The average molecular weight is 127 g/mol. The molecule has 52 valence electrons. The molecule has 1 saturated heterocycles. The van der Waals surface area contributed by atoms with E-state index in [2.05, 4.69) is 5.32 Å². The molecule has 2 nitrogen and oxygen atoms in total. The lowest BCUT2D eigenvalue weighted by molar-refractivity contribution is 0.0117. The molecule has 0 unspecified atom stereocenters. The van der Waals surface area contributed by atoms with Crippen molar-refractivity contribution in [2.45, 2.75) is 31.4 Å². The summed E-state index contributed by atoms with van der Waals surface area (Å²) in [6.45, 7) is 2.98. The topological polar surface area (TPSA) is 32.3 Å². The van der Waals surface area contributed by atoms with Crippen molar-refractivity contribution in [2.75, 3.05) is 6.54 Å². The predicted molar refractivity (Wildman–Crippen MR) is 35.1 cm³/mol. The number of nitrogens with one attached hydrogen (secondary N) is 1. The van der Waals surface area contributed by atoms with Crippen molar-refractivity contribution in [1.82, 2.24) is 5.32 Å².